The van der Waals surface area contributed by atoms with Crippen molar-refractivity contribution in [3.05, 3.63) is 47.0 Å². The Morgan fingerprint density at radius 1 is 1.14 bits per heavy atom. The third-order valence-electron chi connectivity index (χ3n) is 3.50. The van der Waals surface area contributed by atoms with Crippen molar-refractivity contribution in [3.63, 3.8) is 0 Å². The molecule has 0 unspecified atom stereocenters. The van der Waals surface area contributed by atoms with Gasteiger partial charge in [-0.2, -0.15) is 0 Å². The zero-order chi connectivity index (χ0) is 15.5. The summed E-state index contributed by atoms with van der Waals surface area (Å²) >= 11 is 0. The Balaban J connectivity index is 1.95. The van der Waals surface area contributed by atoms with E-state index in [0.29, 0.717) is 12.4 Å². The van der Waals surface area contributed by atoms with Crippen LogP contribution in [-0.4, -0.2) is 19.6 Å². The fourth-order valence-electron chi connectivity index (χ4n) is 2.41. The second-order valence-electron chi connectivity index (χ2n) is 5.22. The molecule has 114 valence electrons. The molecule has 4 nitrogen and oxygen atoms in total. The molecule has 4 heteroatoms. The van der Waals surface area contributed by atoms with E-state index in [9.17, 15) is 0 Å². The Labute approximate surface area is 130 Å². The zero-order valence-electron chi connectivity index (χ0n) is 13.1. The second kappa shape index (κ2) is 6.10. The average Bonchev–Trinajstić information content (AvgIpc) is 2.93. The highest BCUT2D eigenvalue weighted by Crippen LogP contribution is 2.37. The van der Waals surface area contributed by atoms with Gasteiger partial charge in [0.2, 0.25) is 6.79 Å². The van der Waals surface area contributed by atoms with E-state index in [2.05, 4.69) is 31.0 Å². The molecule has 0 radical (unpaired) electrons. The van der Waals surface area contributed by atoms with E-state index in [1.807, 2.05) is 31.3 Å². The average molecular weight is 297 g/mol. The van der Waals surface area contributed by atoms with Gasteiger partial charge in [-0.3, -0.25) is 4.99 Å². The molecule has 1 heterocycles. The maximum Gasteiger partial charge on any atom is 0.231 e. The molecular weight excluding hydrogens is 278 g/mol. The molecule has 0 N–H and O–H groups in total. The third-order valence-corrected chi connectivity index (χ3v) is 3.50. The summed E-state index contributed by atoms with van der Waals surface area (Å²) in [6, 6.07) is 9.96. The van der Waals surface area contributed by atoms with Crippen molar-refractivity contribution in [1.82, 2.24) is 0 Å². The van der Waals surface area contributed by atoms with Crippen LogP contribution in [-0.2, 0) is 0 Å². The smallest absolute Gasteiger partial charge is 0.231 e. The van der Waals surface area contributed by atoms with Gasteiger partial charge in [0, 0.05) is 17.8 Å². The molecule has 0 saturated carbocycles. The number of benzene rings is 2. The molecule has 0 saturated heterocycles. The lowest BCUT2D eigenvalue weighted by Gasteiger charge is -2.08. The third kappa shape index (κ3) is 2.91. The minimum Gasteiger partial charge on any atom is -0.493 e. The maximum atomic E-state index is 5.67. The number of aryl methyl sites for hydroxylation is 2. The van der Waals surface area contributed by atoms with Gasteiger partial charge >= 0.3 is 0 Å². The Hall–Kier alpha value is -2.49. The van der Waals surface area contributed by atoms with E-state index < -0.39 is 0 Å². The first kappa shape index (κ1) is 14.4. The van der Waals surface area contributed by atoms with E-state index in [-0.39, 0.29) is 6.79 Å². The van der Waals surface area contributed by atoms with Crippen LogP contribution in [0.15, 0.2) is 35.3 Å². The van der Waals surface area contributed by atoms with Gasteiger partial charge in [0.1, 0.15) is 5.75 Å². The van der Waals surface area contributed by atoms with Crippen LogP contribution in [0.5, 0.6) is 17.2 Å². The zero-order valence-corrected chi connectivity index (χ0v) is 13.1. The molecule has 3 rings (SSSR count). The first-order chi connectivity index (χ1) is 10.7. The highest BCUT2D eigenvalue weighted by Gasteiger charge is 2.17. The molecule has 22 heavy (non-hydrogen) atoms. The topological polar surface area (TPSA) is 40.0 Å². The van der Waals surface area contributed by atoms with Crippen molar-refractivity contribution in [2.45, 2.75) is 20.8 Å². The molecule has 1 aliphatic heterocycles. The summed E-state index contributed by atoms with van der Waals surface area (Å²) in [5.74, 6) is 2.19. The van der Waals surface area contributed by atoms with Crippen molar-refractivity contribution in [2.24, 2.45) is 4.99 Å². The van der Waals surface area contributed by atoms with Crippen molar-refractivity contribution in [3.8, 4) is 17.2 Å². The molecule has 0 spiro atoms. The number of fused-ring (bicyclic) bond motifs is 1. The van der Waals surface area contributed by atoms with Crippen LogP contribution in [0.4, 0.5) is 5.69 Å². The van der Waals surface area contributed by atoms with E-state index in [1.165, 1.54) is 5.56 Å². The summed E-state index contributed by atoms with van der Waals surface area (Å²) < 4.78 is 16.5. The Bertz CT molecular complexity index is 723. The summed E-state index contributed by atoms with van der Waals surface area (Å²) in [6.07, 6.45) is 1.81. The Morgan fingerprint density at radius 2 is 1.91 bits per heavy atom. The number of ether oxygens (including phenoxy) is 3. The second-order valence-corrected chi connectivity index (χ2v) is 5.22. The van der Waals surface area contributed by atoms with Gasteiger partial charge in [0.05, 0.1) is 12.3 Å². The number of nitrogens with zero attached hydrogens (tertiary/aromatic N) is 1. The van der Waals surface area contributed by atoms with Crippen LogP contribution in [0.3, 0.4) is 0 Å². The normalized spacial score (nSPS) is 12.9. The molecule has 0 atom stereocenters. The predicted molar refractivity (Wildman–Crippen MR) is 86.9 cm³/mol. The summed E-state index contributed by atoms with van der Waals surface area (Å²) in [6.45, 7) is 6.92. The van der Waals surface area contributed by atoms with E-state index in [1.54, 1.807) is 0 Å². The van der Waals surface area contributed by atoms with Gasteiger partial charge in [-0.15, -0.1) is 0 Å². The summed E-state index contributed by atoms with van der Waals surface area (Å²) in [5.41, 5.74) is 4.21. The van der Waals surface area contributed by atoms with Gasteiger partial charge < -0.3 is 14.2 Å². The molecular formula is C18H19NO3. The fraction of sp³-hybridized carbons (Fsp3) is 0.278. The highest BCUT2D eigenvalue weighted by molar-refractivity contribution is 5.87. The summed E-state index contributed by atoms with van der Waals surface area (Å²) in [7, 11) is 0. The molecule has 0 fully saturated rings. The quantitative estimate of drug-likeness (QED) is 0.795. The van der Waals surface area contributed by atoms with Gasteiger partial charge in [-0.1, -0.05) is 17.7 Å². The van der Waals surface area contributed by atoms with Crippen LogP contribution >= 0.6 is 0 Å². The first-order valence-corrected chi connectivity index (χ1v) is 7.35. The maximum absolute atomic E-state index is 5.67. The van der Waals surface area contributed by atoms with Crippen LogP contribution in [0.2, 0.25) is 0 Å². The molecule has 0 aliphatic carbocycles. The number of hydrogen-bond acceptors (Lipinski definition) is 4. The van der Waals surface area contributed by atoms with Crippen LogP contribution in [0, 0.1) is 13.8 Å². The van der Waals surface area contributed by atoms with Crippen molar-refractivity contribution >= 4 is 11.9 Å². The molecule has 0 amide bonds. The van der Waals surface area contributed by atoms with Gasteiger partial charge in [-0.05, 0) is 38.5 Å². The van der Waals surface area contributed by atoms with E-state index in [0.717, 1.165) is 28.3 Å². The SMILES string of the molecule is CCOc1cc2c(cc1C=Nc1ccc(C)cc1C)OCO2. The highest BCUT2D eigenvalue weighted by atomic mass is 16.7. The minimum atomic E-state index is 0.249. The molecule has 0 aromatic heterocycles. The minimum absolute atomic E-state index is 0.249. The monoisotopic (exact) mass is 297 g/mol. The summed E-state index contributed by atoms with van der Waals surface area (Å²) in [5, 5.41) is 0. The molecule has 2 aromatic carbocycles. The lowest BCUT2D eigenvalue weighted by atomic mass is 10.1. The lowest BCUT2D eigenvalue weighted by Crippen LogP contribution is -1.96. The van der Waals surface area contributed by atoms with Crippen molar-refractivity contribution in [2.75, 3.05) is 13.4 Å². The van der Waals surface area contributed by atoms with Crippen LogP contribution < -0.4 is 14.2 Å². The Morgan fingerprint density at radius 3 is 2.64 bits per heavy atom. The number of rotatable bonds is 4. The first-order valence-electron chi connectivity index (χ1n) is 7.35. The molecule has 1 aliphatic rings. The van der Waals surface area contributed by atoms with E-state index >= 15 is 0 Å². The Kier molecular flexibility index (Phi) is 4.00. The number of aliphatic imine (C=N–C) groups is 1. The summed E-state index contributed by atoms with van der Waals surface area (Å²) in [4.78, 5) is 4.58. The van der Waals surface area contributed by atoms with E-state index in [4.69, 9.17) is 14.2 Å². The van der Waals surface area contributed by atoms with Crippen molar-refractivity contribution in [1.29, 1.82) is 0 Å². The van der Waals surface area contributed by atoms with Crippen LogP contribution in [0.1, 0.15) is 23.6 Å². The largest absolute Gasteiger partial charge is 0.493 e. The van der Waals surface area contributed by atoms with Gasteiger partial charge in [0.15, 0.2) is 11.5 Å². The van der Waals surface area contributed by atoms with Gasteiger partial charge in [-0.25, -0.2) is 0 Å². The van der Waals surface area contributed by atoms with Crippen LogP contribution in [0.25, 0.3) is 0 Å². The fourth-order valence-corrected chi connectivity index (χ4v) is 2.41. The molecule has 2 aromatic rings. The molecule has 0 bridgehead atoms. The number of hydrogen-bond donors (Lipinski definition) is 0. The van der Waals surface area contributed by atoms with Crippen molar-refractivity contribution < 1.29 is 14.2 Å². The lowest BCUT2D eigenvalue weighted by molar-refractivity contribution is 0.174. The predicted octanol–water partition coefficient (Wildman–Crippen LogP) is 4.18. The van der Waals surface area contributed by atoms with Gasteiger partial charge in [0.25, 0.3) is 0 Å². The standard InChI is InChI=1S/C18H19NO3/c1-4-20-16-9-18-17(21-11-22-18)8-14(16)10-19-15-6-5-12(2)7-13(15)3/h5-10H,4,11H2,1-3H3.